The van der Waals surface area contributed by atoms with E-state index in [0.29, 0.717) is 18.6 Å². The van der Waals surface area contributed by atoms with Gasteiger partial charge in [-0.1, -0.05) is 25.0 Å². The summed E-state index contributed by atoms with van der Waals surface area (Å²) < 4.78 is 5.45. The van der Waals surface area contributed by atoms with Gasteiger partial charge in [-0.15, -0.1) is 0 Å². The van der Waals surface area contributed by atoms with Crippen LogP contribution in [0.1, 0.15) is 25.7 Å². The highest BCUT2D eigenvalue weighted by Gasteiger charge is 2.42. The van der Waals surface area contributed by atoms with Crippen molar-refractivity contribution in [2.75, 3.05) is 6.61 Å². The number of aliphatic carboxylic acids is 1. The lowest BCUT2D eigenvalue weighted by molar-refractivity contribution is -0.150. The summed E-state index contributed by atoms with van der Waals surface area (Å²) in [7, 11) is 0. The van der Waals surface area contributed by atoms with Crippen LogP contribution in [0.15, 0.2) is 24.3 Å². The van der Waals surface area contributed by atoms with Crippen LogP contribution in [-0.4, -0.2) is 22.8 Å². The molecule has 4 nitrogen and oxygen atoms in total. The van der Waals surface area contributed by atoms with Crippen LogP contribution < -0.4 is 4.74 Å². The number of carbonyl (C=O) groups is 1. The van der Waals surface area contributed by atoms with E-state index >= 15 is 0 Å². The van der Waals surface area contributed by atoms with Gasteiger partial charge >= 0.3 is 5.97 Å². The molecular weight excluding hydrogens is 220 g/mol. The zero-order chi connectivity index (χ0) is 12.3. The Balaban J connectivity index is 2.06. The van der Waals surface area contributed by atoms with Gasteiger partial charge in [0.1, 0.15) is 12.0 Å². The van der Waals surface area contributed by atoms with Gasteiger partial charge in [0.2, 0.25) is 0 Å². The second-order valence-corrected chi connectivity index (χ2v) is 4.55. The number of para-hydroxylation sites is 2. The van der Waals surface area contributed by atoms with E-state index in [1.54, 1.807) is 18.2 Å². The Kier molecular flexibility index (Phi) is 3.22. The first-order valence-corrected chi connectivity index (χ1v) is 5.78. The molecule has 1 aliphatic rings. The third-order valence-electron chi connectivity index (χ3n) is 3.38. The molecule has 0 aromatic heterocycles. The van der Waals surface area contributed by atoms with E-state index in [0.717, 1.165) is 12.8 Å². The van der Waals surface area contributed by atoms with E-state index in [1.165, 1.54) is 6.07 Å². The highest BCUT2D eigenvalue weighted by atomic mass is 16.5. The fraction of sp³-hybridized carbons (Fsp3) is 0.462. The van der Waals surface area contributed by atoms with Gasteiger partial charge < -0.3 is 14.9 Å². The van der Waals surface area contributed by atoms with Crippen LogP contribution in [0.25, 0.3) is 0 Å². The highest BCUT2D eigenvalue weighted by Crippen LogP contribution is 2.39. The van der Waals surface area contributed by atoms with E-state index in [1.807, 2.05) is 0 Å². The lowest BCUT2D eigenvalue weighted by Gasteiger charge is -2.23. The number of benzene rings is 1. The molecule has 1 saturated carbocycles. The zero-order valence-electron chi connectivity index (χ0n) is 9.56. The molecule has 1 aromatic carbocycles. The summed E-state index contributed by atoms with van der Waals surface area (Å²) in [5.74, 6) is -0.406. The Morgan fingerprint density at radius 3 is 2.53 bits per heavy atom. The average molecular weight is 236 g/mol. The van der Waals surface area contributed by atoms with Crippen molar-refractivity contribution in [2.45, 2.75) is 25.7 Å². The summed E-state index contributed by atoms with van der Waals surface area (Å²) >= 11 is 0. The maximum atomic E-state index is 11.3. The lowest BCUT2D eigenvalue weighted by atomic mass is 9.87. The van der Waals surface area contributed by atoms with E-state index in [-0.39, 0.29) is 12.4 Å². The molecule has 2 rings (SSSR count). The molecule has 17 heavy (non-hydrogen) atoms. The third-order valence-corrected chi connectivity index (χ3v) is 3.38. The van der Waals surface area contributed by atoms with Gasteiger partial charge in [0, 0.05) is 0 Å². The van der Waals surface area contributed by atoms with Gasteiger partial charge in [-0.05, 0) is 25.0 Å². The van der Waals surface area contributed by atoms with Gasteiger partial charge in [0.15, 0.2) is 11.5 Å². The van der Waals surface area contributed by atoms with E-state index < -0.39 is 11.4 Å². The Morgan fingerprint density at radius 2 is 1.94 bits per heavy atom. The summed E-state index contributed by atoms with van der Waals surface area (Å²) in [6, 6.07) is 6.61. The molecule has 1 aliphatic carbocycles. The molecule has 0 aliphatic heterocycles. The number of carboxylic acid groups (broad SMARTS) is 1. The monoisotopic (exact) mass is 236 g/mol. The summed E-state index contributed by atoms with van der Waals surface area (Å²) in [5.41, 5.74) is -0.776. The number of ether oxygens (including phenoxy) is 1. The molecule has 2 N–H and O–H groups in total. The summed E-state index contributed by atoms with van der Waals surface area (Å²) in [5, 5.41) is 18.8. The second-order valence-electron chi connectivity index (χ2n) is 4.55. The predicted molar refractivity (Wildman–Crippen MR) is 62.1 cm³/mol. The Labute approximate surface area is 99.8 Å². The van der Waals surface area contributed by atoms with Crippen LogP contribution in [0.2, 0.25) is 0 Å². The van der Waals surface area contributed by atoms with Gasteiger partial charge in [-0.3, -0.25) is 4.79 Å². The molecule has 1 aromatic rings. The topological polar surface area (TPSA) is 66.8 Å². The van der Waals surface area contributed by atoms with Crippen molar-refractivity contribution in [1.82, 2.24) is 0 Å². The molecule has 0 spiro atoms. The van der Waals surface area contributed by atoms with E-state index in [2.05, 4.69) is 0 Å². The van der Waals surface area contributed by atoms with Crippen molar-refractivity contribution in [3.8, 4) is 11.5 Å². The van der Waals surface area contributed by atoms with Crippen molar-refractivity contribution < 1.29 is 19.7 Å². The number of hydrogen-bond acceptors (Lipinski definition) is 3. The predicted octanol–water partition coefficient (Wildman–Crippen LogP) is 2.42. The van der Waals surface area contributed by atoms with Crippen LogP contribution in [0.5, 0.6) is 11.5 Å². The van der Waals surface area contributed by atoms with Crippen molar-refractivity contribution in [3.05, 3.63) is 24.3 Å². The maximum absolute atomic E-state index is 11.3. The van der Waals surface area contributed by atoms with Crippen molar-refractivity contribution in [1.29, 1.82) is 0 Å². The van der Waals surface area contributed by atoms with Crippen LogP contribution in [-0.2, 0) is 4.79 Å². The number of phenolic OH excluding ortho intramolecular Hbond substituents is 1. The van der Waals surface area contributed by atoms with Crippen molar-refractivity contribution >= 4 is 5.97 Å². The second kappa shape index (κ2) is 4.65. The zero-order valence-corrected chi connectivity index (χ0v) is 9.56. The quantitative estimate of drug-likeness (QED) is 0.842. The molecule has 92 valence electrons. The van der Waals surface area contributed by atoms with Gasteiger partial charge in [0.25, 0.3) is 0 Å². The first-order chi connectivity index (χ1) is 8.14. The highest BCUT2D eigenvalue weighted by molar-refractivity contribution is 5.75. The smallest absolute Gasteiger partial charge is 0.313 e. The Bertz CT molecular complexity index is 408. The maximum Gasteiger partial charge on any atom is 0.313 e. The molecule has 0 amide bonds. The SMILES string of the molecule is O=C(O)C1(COc2ccccc2O)CCCC1. The Morgan fingerprint density at radius 1 is 1.29 bits per heavy atom. The fourth-order valence-electron chi connectivity index (χ4n) is 2.27. The number of aromatic hydroxyl groups is 1. The molecule has 4 heteroatoms. The van der Waals surface area contributed by atoms with Crippen LogP contribution in [0.4, 0.5) is 0 Å². The molecule has 0 atom stereocenters. The van der Waals surface area contributed by atoms with E-state index in [9.17, 15) is 15.0 Å². The average Bonchev–Trinajstić information content (AvgIpc) is 2.78. The fourth-order valence-corrected chi connectivity index (χ4v) is 2.27. The number of carboxylic acids is 1. The molecule has 0 heterocycles. The van der Waals surface area contributed by atoms with Crippen LogP contribution >= 0.6 is 0 Å². The number of phenols is 1. The van der Waals surface area contributed by atoms with Crippen LogP contribution in [0, 0.1) is 5.41 Å². The van der Waals surface area contributed by atoms with Crippen LogP contribution in [0.3, 0.4) is 0 Å². The minimum atomic E-state index is -0.801. The van der Waals surface area contributed by atoms with Gasteiger partial charge in [-0.25, -0.2) is 0 Å². The molecule has 0 unspecified atom stereocenters. The summed E-state index contributed by atoms with van der Waals surface area (Å²) in [6.07, 6.45) is 3.15. The Hall–Kier alpha value is -1.71. The van der Waals surface area contributed by atoms with Gasteiger partial charge in [-0.2, -0.15) is 0 Å². The third kappa shape index (κ3) is 2.35. The molecule has 1 fully saturated rings. The summed E-state index contributed by atoms with van der Waals surface area (Å²) in [6.45, 7) is 0.125. The minimum Gasteiger partial charge on any atom is -0.504 e. The normalized spacial score (nSPS) is 17.9. The number of rotatable bonds is 4. The standard InChI is InChI=1S/C13H16O4/c14-10-5-1-2-6-11(10)17-9-13(12(15)16)7-3-4-8-13/h1-2,5-6,14H,3-4,7-9H2,(H,15,16). The first-order valence-electron chi connectivity index (χ1n) is 5.78. The molecular formula is C13H16O4. The largest absolute Gasteiger partial charge is 0.504 e. The van der Waals surface area contributed by atoms with Gasteiger partial charge in [0.05, 0.1) is 0 Å². The molecule has 0 saturated heterocycles. The molecule has 0 radical (unpaired) electrons. The lowest BCUT2D eigenvalue weighted by Crippen LogP contribution is -2.34. The molecule has 0 bridgehead atoms. The van der Waals surface area contributed by atoms with Crippen molar-refractivity contribution in [2.24, 2.45) is 5.41 Å². The summed E-state index contributed by atoms with van der Waals surface area (Å²) in [4.78, 5) is 11.3. The first kappa shape index (κ1) is 11.8. The van der Waals surface area contributed by atoms with Crippen molar-refractivity contribution in [3.63, 3.8) is 0 Å². The number of hydrogen-bond donors (Lipinski definition) is 2. The van der Waals surface area contributed by atoms with E-state index in [4.69, 9.17) is 4.74 Å². The minimum absolute atomic E-state index is 0.0473.